The first-order valence-electron chi connectivity index (χ1n) is 11.0. The number of aryl methyl sites for hydroxylation is 2. The Balaban J connectivity index is 0.00000300. The number of anilines is 2. The molecule has 3 rings (SSSR count). The van der Waals surface area contributed by atoms with Gasteiger partial charge in [0.15, 0.2) is 0 Å². The topological polar surface area (TPSA) is 19.4 Å². The fraction of sp³-hybridized carbons (Fsp3) is 0.480. The number of nitrogens with zero attached hydrogens (tertiary/aromatic N) is 3. The van der Waals surface area contributed by atoms with Gasteiger partial charge in [-0.1, -0.05) is 13.8 Å². The molecule has 1 heterocycles. The number of benzene rings is 2. The van der Waals surface area contributed by atoms with Crippen LogP contribution in [0.3, 0.4) is 0 Å². The lowest BCUT2D eigenvalue weighted by atomic mass is 10.0. The SMILES string of the molecule is CCc1cc2cc3cc(CC)c(N(CC)CC)cc3nc2cc1N(CC)CC.Cl. The van der Waals surface area contributed by atoms with Crippen LogP contribution in [0.15, 0.2) is 30.3 Å². The number of fused-ring (bicyclic) bond motifs is 2. The van der Waals surface area contributed by atoms with Gasteiger partial charge in [-0.15, -0.1) is 12.4 Å². The maximum absolute atomic E-state index is 5.10. The minimum atomic E-state index is 0. The van der Waals surface area contributed by atoms with Gasteiger partial charge >= 0.3 is 0 Å². The largest absolute Gasteiger partial charge is 0.372 e. The molecule has 0 N–H and O–H groups in total. The van der Waals surface area contributed by atoms with Crippen LogP contribution in [0.25, 0.3) is 21.8 Å². The van der Waals surface area contributed by atoms with E-state index in [2.05, 4.69) is 81.7 Å². The highest BCUT2D eigenvalue weighted by molar-refractivity contribution is 5.96. The van der Waals surface area contributed by atoms with Gasteiger partial charge in [0.05, 0.1) is 11.0 Å². The van der Waals surface area contributed by atoms with Crippen molar-refractivity contribution in [1.29, 1.82) is 0 Å². The van der Waals surface area contributed by atoms with E-state index in [1.165, 1.54) is 33.3 Å². The normalized spacial score (nSPS) is 11.0. The van der Waals surface area contributed by atoms with E-state index in [9.17, 15) is 0 Å². The molecular weight excluding hydrogens is 378 g/mol. The molecule has 4 heteroatoms. The van der Waals surface area contributed by atoms with Crippen molar-refractivity contribution in [1.82, 2.24) is 4.98 Å². The van der Waals surface area contributed by atoms with Gasteiger partial charge in [0.2, 0.25) is 0 Å². The van der Waals surface area contributed by atoms with Crippen LogP contribution < -0.4 is 9.80 Å². The standard InChI is InChI=1S/C25H35N3.ClH/c1-7-18-13-20-15-21-14-19(8-2)25(28(11-5)12-6)17-23(21)26-22(20)16-24(18)27(9-3)10-4;/h13-17H,7-12H2,1-6H3;1H. The molecule has 0 radical (unpaired) electrons. The molecule has 3 aromatic rings. The Bertz CT molecular complexity index is 884. The van der Waals surface area contributed by atoms with Crippen LogP contribution in [-0.4, -0.2) is 31.2 Å². The first kappa shape index (κ1) is 23.3. The van der Waals surface area contributed by atoms with Crippen LogP contribution >= 0.6 is 12.4 Å². The van der Waals surface area contributed by atoms with E-state index in [4.69, 9.17) is 4.98 Å². The van der Waals surface area contributed by atoms with E-state index < -0.39 is 0 Å². The second kappa shape index (κ2) is 10.2. The number of hydrogen-bond donors (Lipinski definition) is 0. The fourth-order valence-corrected chi connectivity index (χ4v) is 4.29. The number of aromatic nitrogens is 1. The van der Waals surface area contributed by atoms with E-state index >= 15 is 0 Å². The molecule has 0 saturated heterocycles. The van der Waals surface area contributed by atoms with Gasteiger partial charge < -0.3 is 9.80 Å². The van der Waals surface area contributed by atoms with Crippen LogP contribution in [0.2, 0.25) is 0 Å². The molecule has 1 aromatic heterocycles. The second-order valence-corrected chi connectivity index (χ2v) is 7.39. The molecule has 0 spiro atoms. The van der Waals surface area contributed by atoms with Gasteiger partial charge in [0.1, 0.15) is 0 Å². The van der Waals surface area contributed by atoms with E-state index in [-0.39, 0.29) is 12.4 Å². The van der Waals surface area contributed by atoms with Crippen molar-refractivity contribution in [3.63, 3.8) is 0 Å². The van der Waals surface area contributed by atoms with Crippen LogP contribution in [0.4, 0.5) is 11.4 Å². The van der Waals surface area contributed by atoms with Crippen molar-refractivity contribution in [2.45, 2.75) is 54.4 Å². The zero-order chi connectivity index (χ0) is 20.3. The third-order valence-corrected chi connectivity index (χ3v) is 5.98. The minimum absolute atomic E-state index is 0. The number of hydrogen-bond acceptors (Lipinski definition) is 3. The molecule has 0 fully saturated rings. The molecule has 0 aliphatic rings. The predicted molar refractivity (Wildman–Crippen MR) is 132 cm³/mol. The maximum atomic E-state index is 5.10. The number of halogens is 1. The average molecular weight is 414 g/mol. The van der Waals surface area contributed by atoms with Crippen LogP contribution in [0.5, 0.6) is 0 Å². The van der Waals surface area contributed by atoms with Gasteiger partial charge in [-0.25, -0.2) is 4.98 Å². The van der Waals surface area contributed by atoms with Crippen LogP contribution in [0, 0.1) is 0 Å². The molecule has 0 amide bonds. The summed E-state index contributed by atoms with van der Waals surface area (Å²) in [6.45, 7) is 17.5. The Labute approximate surface area is 182 Å². The van der Waals surface area contributed by atoms with Crippen molar-refractivity contribution in [3.05, 3.63) is 41.5 Å². The Morgan fingerprint density at radius 1 is 0.586 bits per heavy atom. The molecule has 2 aromatic carbocycles. The van der Waals surface area contributed by atoms with Crippen molar-refractivity contribution in [2.24, 2.45) is 0 Å². The van der Waals surface area contributed by atoms with Gasteiger partial charge in [0, 0.05) is 48.3 Å². The highest BCUT2D eigenvalue weighted by Gasteiger charge is 2.13. The molecule has 3 nitrogen and oxygen atoms in total. The summed E-state index contributed by atoms with van der Waals surface area (Å²) in [6.07, 6.45) is 2.09. The average Bonchev–Trinajstić information content (AvgIpc) is 2.73. The van der Waals surface area contributed by atoms with E-state index in [1.54, 1.807) is 0 Å². The molecule has 0 aliphatic carbocycles. The Morgan fingerprint density at radius 2 is 0.966 bits per heavy atom. The summed E-state index contributed by atoms with van der Waals surface area (Å²) in [5, 5.41) is 2.50. The zero-order valence-corrected chi connectivity index (χ0v) is 19.7. The first-order chi connectivity index (χ1) is 13.6. The number of pyridine rings is 1. The van der Waals surface area contributed by atoms with E-state index in [0.717, 1.165) is 50.1 Å². The molecular formula is C25H36ClN3. The summed E-state index contributed by atoms with van der Waals surface area (Å²) in [7, 11) is 0. The van der Waals surface area contributed by atoms with E-state index in [1.807, 2.05) is 0 Å². The molecule has 0 aliphatic heterocycles. The Hall–Kier alpha value is -2.00. The Kier molecular flexibility index (Phi) is 8.15. The molecule has 158 valence electrons. The summed E-state index contributed by atoms with van der Waals surface area (Å²) in [4.78, 5) is 9.97. The fourth-order valence-electron chi connectivity index (χ4n) is 4.29. The monoisotopic (exact) mass is 413 g/mol. The number of rotatable bonds is 8. The second-order valence-electron chi connectivity index (χ2n) is 7.39. The molecule has 0 bridgehead atoms. The lowest BCUT2D eigenvalue weighted by Gasteiger charge is -2.25. The quantitative estimate of drug-likeness (QED) is 0.386. The zero-order valence-electron chi connectivity index (χ0n) is 18.9. The van der Waals surface area contributed by atoms with Gasteiger partial charge in [-0.05, 0) is 82.0 Å². The predicted octanol–water partition coefficient (Wildman–Crippen LogP) is 6.63. The first-order valence-corrected chi connectivity index (χ1v) is 11.0. The smallest absolute Gasteiger partial charge is 0.0730 e. The summed E-state index contributed by atoms with van der Waals surface area (Å²) in [6, 6.07) is 11.6. The summed E-state index contributed by atoms with van der Waals surface area (Å²) in [5.41, 5.74) is 7.69. The van der Waals surface area contributed by atoms with Crippen molar-refractivity contribution in [3.8, 4) is 0 Å². The molecule has 0 atom stereocenters. The van der Waals surface area contributed by atoms with Crippen molar-refractivity contribution in [2.75, 3.05) is 36.0 Å². The Morgan fingerprint density at radius 3 is 1.28 bits per heavy atom. The molecule has 0 unspecified atom stereocenters. The summed E-state index contributed by atoms with van der Waals surface area (Å²) >= 11 is 0. The van der Waals surface area contributed by atoms with Crippen LogP contribution in [0.1, 0.15) is 52.7 Å². The van der Waals surface area contributed by atoms with Gasteiger partial charge in [0.25, 0.3) is 0 Å². The van der Waals surface area contributed by atoms with Crippen LogP contribution in [-0.2, 0) is 12.8 Å². The summed E-state index contributed by atoms with van der Waals surface area (Å²) in [5.74, 6) is 0. The minimum Gasteiger partial charge on any atom is -0.372 e. The van der Waals surface area contributed by atoms with Gasteiger partial charge in [-0.3, -0.25) is 0 Å². The third-order valence-electron chi connectivity index (χ3n) is 5.98. The van der Waals surface area contributed by atoms with Gasteiger partial charge in [-0.2, -0.15) is 0 Å². The third kappa shape index (κ3) is 4.45. The van der Waals surface area contributed by atoms with E-state index in [0.29, 0.717) is 0 Å². The maximum Gasteiger partial charge on any atom is 0.0730 e. The van der Waals surface area contributed by atoms with Crippen molar-refractivity contribution >= 4 is 45.6 Å². The summed E-state index contributed by atoms with van der Waals surface area (Å²) < 4.78 is 0. The van der Waals surface area contributed by atoms with Crippen molar-refractivity contribution < 1.29 is 0 Å². The molecule has 29 heavy (non-hydrogen) atoms. The highest BCUT2D eigenvalue weighted by atomic mass is 35.5. The lowest BCUT2D eigenvalue weighted by molar-refractivity contribution is 0.856. The molecule has 0 saturated carbocycles. The lowest BCUT2D eigenvalue weighted by Crippen LogP contribution is -2.23. The highest BCUT2D eigenvalue weighted by Crippen LogP contribution is 2.32.